The molecule has 1 aliphatic heterocycles. The zero-order chi connectivity index (χ0) is 15.2. The molecular formula is C12H10ClFN2O4S. The lowest BCUT2D eigenvalue weighted by Gasteiger charge is -2.10. The number of hydrogen-bond acceptors (Lipinski definition) is 4. The third-order valence-corrected chi connectivity index (χ3v) is 4.57. The Labute approximate surface area is 123 Å². The fourth-order valence-corrected chi connectivity index (χ4v) is 3.38. The molecule has 2 aromatic rings. The normalized spacial score (nSPS) is 18.8. The van der Waals surface area contributed by atoms with Crippen LogP contribution in [0.5, 0.6) is 0 Å². The van der Waals surface area contributed by atoms with Crippen LogP contribution >= 0.6 is 10.7 Å². The number of alkyl carbamates (subject to hydrolysis) is 1. The molecule has 1 aromatic carbocycles. The summed E-state index contributed by atoms with van der Waals surface area (Å²) < 4.78 is 43.1. The van der Waals surface area contributed by atoms with Crippen LogP contribution in [0.4, 0.5) is 9.18 Å². The summed E-state index contributed by atoms with van der Waals surface area (Å²) in [7, 11) is 1.37. The topological polar surface area (TPSA) is 77.4 Å². The number of rotatable bonds is 3. The lowest BCUT2D eigenvalue weighted by molar-refractivity contribution is 0.131. The molecule has 2 heterocycles. The first kappa shape index (κ1) is 14.2. The van der Waals surface area contributed by atoms with E-state index in [2.05, 4.69) is 5.32 Å². The van der Waals surface area contributed by atoms with Crippen molar-refractivity contribution >= 4 is 36.7 Å². The first-order chi connectivity index (χ1) is 9.84. The minimum Gasteiger partial charge on any atom is -0.442 e. The SMILES string of the molecule is O=C1NCC(Cn2cc(S(=O)(=O)Cl)c3cc(F)ccc32)O1. The molecule has 1 saturated heterocycles. The summed E-state index contributed by atoms with van der Waals surface area (Å²) in [6.45, 7) is 0.565. The second-order valence-electron chi connectivity index (χ2n) is 4.65. The van der Waals surface area contributed by atoms with Gasteiger partial charge in [-0.05, 0) is 18.2 Å². The van der Waals surface area contributed by atoms with Gasteiger partial charge in [-0.25, -0.2) is 17.6 Å². The number of ether oxygens (including phenoxy) is 1. The molecule has 1 atom stereocenters. The molecule has 1 aromatic heterocycles. The zero-order valence-corrected chi connectivity index (χ0v) is 12.1. The van der Waals surface area contributed by atoms with Crippen LogP contribution in [0.15, 0.2) is 29.3 Å². The van der Waals surface area contributed by atoms with Crippen molar-refractivity contribution in [2.45, 2.75) is 17.5 Å². The fourth-order valence-electron chi connectivity index (χ4n) is 2.34. The second-order valence-corrected chi connectivity index (χ2v) is 7.19. The fraction of sp³-hybridized carbons (Fsp3) is 0.250. The van der Waals surface area contributed by atoms with Crippen molar-refractivity contribution in [3.05, 3.63) is 30.2 Å². The number of nitrogens with one attached hydrogen (secondary N) is 1. The Hall–Kier alpha value is -1.80. The molecule has 0 bridgehead atoms. The monoisotopic (exact) mass is 332 g/mol. The molecule has 1 amide bonds. The van der Waals surface area contributed by atoms with Gasteiger partial charge >= 0.3 is 6.09 Å². The molecule has 3 rings (SSSR count). The summed E-state index contributed by atoms with van der Waals surface area (Å²) in [6.07, 6.45) is 0.371. The summed E-state index contributed by atoms with van der Waals surface area (Å²) >= 11 is 0. The Morgan fingerprint density at radius 1 is 1.48 bits per heavy atom. The highest BCUT2D eigenvalue weighted by Gasteiger charge is 2.25. The Morgan fingerprint density at radius 3 is 2.86 bits per heavy atom. The number of aromatic nitrogens is 1. The predicted molar refractivity (Wildman–Crippen MR) is 73.2 cm³/mol. The van der Waals surface area contributed by atoms with Gasteiger partial charge in [0.2, 0.25) is 0 Å². The number of carbonyl (C=O) groups is 1. The zero-order valence-electron chi connectivity index (χ0n) is 10.5. The third kappa shape index (κ3) is 2.68. The summed E-state index contributed by atoms with van der Waals surface area (Å²) in [4.78, 5) is 10.8. The molecule has 9 heteroatoms. The molecule has 1 fully saturated rings. The van der Waals surface area contributed by atoms with E-state index in [1.54, 1.807) is 4.57 Å². The van der Waals surface area contributed by atoms with E-state index in [9.17, 15) is 17.6 Å². The van der Waals surface area contributed by atoms with Crippen molar-refractivity contribution in [2.24, 2.45) is 0 Å². The molecule has 1 aliphatic rings. The maximum atomic E-state index is 13.3. The number of nitrogens with zero attached hydrogens (tertiary/aromatic N) is 1. The average molecular weight is 333 g/mol. The Kier molecular flexibility index (Phi) is 3.29. The standard InChI is InChI=1S/C12H10ClFN2O4S/c13-21(18,19)11-6-16(5-8-4-15-12(17)20-8)10-2-1-7(14)3-9(10)11/h1-3,6,8H,4-5H2,(H,15,17). The van der Waals surface area contributed by atoms with Crippen LogP contribution in [0, 0.1) is 5.82 Å². The van der Waals surface area contributed by atoms with Gasteiger partial charge in [0.1, 0.15) is 16.8 Å². The van der Waals surface area contributed by atoms with E-state index in [0.29, 0.717) is 12.1 Å². The summed E-state index contributed by atoms with van der Waals surface area (Å²) in [6, 6.07) is 3.79. The van der Waals surface area contributed by atoms with Crippen molar-refractivity contribution in [3.8, 4) is 0 Å². The first-order valence-electron chi connectivity index (χ1n) is 6.02. The molecule has 0 radical (unpaired) electrons. The molecule has 1 N–H and O–H groups in total. The van der Waals surface area contributed by atoms with Gasteiger partial charge in [-0.2, -0.15) is 0 Å². The van der Waals surface area contributed by atoms with Gasteiger partial charge in [0.05, 0.1) is 13.1 Å². The van der Waals surface area contributed by atoms with Crippen molar-refractivity contribution in [1.29, 1.82) is 0 Å². The van der Waals surface area contributed by atoms with Gasteiger partial charge in [-0.3, -0.25) is 0 Å². The van der Waals surface area contributed by atoms with Gasteiger partial charge in [0.15, 0.2) is 0 Å². The van der Waals surface area contributed by atoms with Crippen LogP contribution in [0.25, 0.3) is 10.9 Å². The predicted octanol–water partition coefficient (Wildman–Crippen LogP) is 1.82. The molecule has 6 nitrogen and oxygen atoms in total. The minimum atomic E-state index is -4.01. The number of halogens is 2. The molecule has 1 unspecified atom stereocenters. The van der Waals surface area contributed by atoms with E-state index >= 15 is 0 Å². The Morgan fingerprint density at radius 2 is 2.24 bits per heavy atom. The van der Waals surface area contributed by atoms with Crippen molar-refractivity contribution in [3.63, 3.8) is 0 Å². The molecule has 21 heavy (non-hydrogen) atoms. The van der Waals surface area contributed by atoms with Crippen LogP contribution in [0.1, 0.15) is 0 Å². The van der Waals surface area contributed by atoms with Crippen LogP contribution in [0.2, 0.25) is 0 Å². The number of benzene rings is 1. The highest BCUT2D eigenvalue weighted by Crippen LogP contribution is 2.29. The lowest BCUT2D eigenvalue weighted by Crippen LogP contribution is -2.20. The maximum Gasteiger partial charge on any atom is 0.407 e. The smallest absolute Gasteiger partial charge is 0.407 e. The number of cyclic esters (lactones) is 1. The quantitative estimate of drug-likeness (QED) is 0.870. The van der Waals surface area contributed by atoms with Gasteiger partial charge in [-0.15, -0.1) is 0 Å². The molecule has 0 saturated carbocycles. The highest BCUT2D eigenvalue weighted by molar-refractivity contribution is 8.14. The van der Waals surface area contributed by atoms with Crippen LogP contribution in [-0.4, -0.2) is 31.7 Å². The van der Waals surface area contributed by atoms with Gasteiger partial charge in [0.25, 0.3) is 9.05 Å². The summed E-state index contributed by atoms with van der Waals surface area (Å²) in [5.41, 5.74) is 0.499. The van der Waals surface area contributed by atoms with Crippen molar-refractivity contribution in [2.75, 3.05) is 6.54 Å². The van der Waals surface area contributed by atoms with E-state index in [-0.39, 0.29) is 16.8 Å². The van der Waals surface area contributed by atoms with Crippen LogP contribution in [-0.2, 0) is 20.3 Å². The second kappa shape index (κ2) is 4.88. The third-order valence-electron chi connectivity index (χ3n) is 3.22. The van der Waals surface area contributed by atoms with Gasteiger partial charge < -0.3 is 14.6 Å². The van der Waals surface area contributed by atoms with Crippen LogP contribution < -0.4 is 5.32 Å². The van der Waals surface area contributed by atoms with Gasteiger partial charge in [-0.1, -0.05) is 0 Å². The number of fused-ring (bicyclic) bond motifs is 1. The number of amides is 1. The molecular weight excluding hydrogens is 323 g/mol. The first-order valence-corrected chi connectivity index (χ1v) is 8.33. The highest BCUT2D eigenvalue weighted by atomic mass is 35.7. The Bertz CT molecular complexity index is 833. The molecule has 112 valence electrons. The van der Waals surface area contributed by atoms with Crippen molar-refractivity contribution in [1.82, 2.24) is 9.88 Å². The molecule has 0 aliphatic carbocycles. The van der Waals surface area contributed by atoms with Crippen LogP contribution in [0.3, 0.4) is 0 Å². The Balaban J connectivity index is 2.09. The largest absolute Gasteiger partial charge is 0.442 e. The van der Waals surface area contributed by atoms with Gasteiger partial charge in [0, 0.05) is 27.8 Å². The molecule has 0 spiro atoms. The average Bonchev–Trinajstić information content (AvgIpc) is 2.93. The van der Waals surface area contributed by atoms with E-state index in [0.717, 1.165) is 6.07 Å². The van der Waals surface area contributed by atoms with E-state index in [1.165, 1.54) is 18.3 Å². The van der Waals surface area contributed by atoms with E-state index < -0.39 is 27.1 Å². The summed E-state index contributed by atoms with van der Waals surface area (Å²) in [5.74, 6) is -0.559. The van der Waals surface area contributed by atoms with Crippen molar-refractivity contribution < 1.29 is 22.3 Å². The maximum absolute atomic E-state index is 13.3. The summed E-state index contributed by atoms with van der Waals surface area (Å²) in [5, 5.41) is 2.70. The number of hydrogen-bond donors (Lipinski definition) is 1. The lowest BCUT2D eigenvalue weighted by atomic mass is 10.2. The van der Waals surface area contributed by atoms with E-state index in [4.69, 9.17) is 15.4 Å². The minimum absolute atomic E-state index is 0.170. The van der Waals surface area contributed by atoms with E-state index in [1.807, 2.05) is 0 Å². The number of carbonyl (C=O) groups excluding carboxylic acids is 1.